The lowest BCUT2D eigenvalue weighted by molar-refractivity contribution is -0.131. The van der Waals surface area contributed by atoms with Crippen LogP contribution in [-0.4, -0.2) is 73.3 Å². The van der Waals surface area contributed by atoms with Crippen LogP contribution in [0.15, 0.2) is 41.4 Å². The highest BCUT2D eigenvalue weighted by Gasteiger charge is 2.54. The molecule has 5 rings (SSSR count). The van der Waals surface area contributed by atoms with Crippen LogP contribution in [0, 0.1) is 17.2 Å². The number of piperidine rings is 1. The molecule has 2 aliphatic carbocycles. The van der Waals surface area contributed by atoms with Gasteiger partial charge in [-0.25, -0.2) is 0 Å². The van der Waals surface area contributed by atoms with Crippen LogP contribution < -0.4 is 21.7 Å². The number of aliphatic imine (C=N–C) groups is 1. The van der Waals surface area contributed by atoms with Crippen molar-refractivity contribution in [2.75, 3.05) is 20.6 Å². The Kier molecular flexibility index (Phi) is 8.80. The van der Waals surface area contributed by atoms with E-state index in [1.54, 1.807) is 19.0 Å². The molecule has 0 unspecified atom stereocenters. The number of benzene rings is 2. The first-order valence-corrected chi connectivity index (χ1v) is 15.5. The van der Waals surface area contributed by atoms with Crippen molar-refractivity contribution in [1.29, 1.82) is 5.26 Å². The maximum Gasteiger partial charge on any atom is 0.251 e. The van der Waals surface area contributed by atoms with Gasteiger partial charge in [-0.2, -0.15) is 5.26 Å². The van der Waals surface area contributed by atoms with Gasteiger partial charge in [0.2, 0.25) is 5.91 Å². The highest BCUT2D eigenvalue weighted by molar-refractivity contribution is 5.99. The summed E-state index contributed by atoms with van der Waals surface area (Å²) in [7, 11) is 3.22. The largest absolute Gasteiger partial charge is 0.386 e. The van der Waals surface area contributed by atoms with Crippen LogP contribution in [-0.2, 0) is 23.1 Å². The molecule has 1 heterocycles. The van der Waals surface area contributed by atoms with E-state index in [1.807, 2.05) is 57.2 Å². The number of rotatable bonds is 9. The minimum atomic E-state index is -0.895. The standard InChI is InChI=1S/C34H43N7O3/c1-19(2)40-33(36)34(16-20(3)39-18-30(42)41-26(17-35)14-25-15-29(25)41)27-10-8-23(31(43)37-4)12-21(27)6-7-22-13-24(32(44)38-5)9-11-28(22)34/h8-13,19-20,25-26,29,39H,6-7,14-16,18H2,1-5H3,(H2,36,40)(H,37,43)(H,38,44)/t20-,25-,26+,29+/m1/s1. The van der Waals surface area contributed by atoms with Gasteiger partial charge in [-0.3, -0.25) is 19.4 Å². The maximum atomic E-state index is 13.3. The Morgan fingerprint density at radius 1 is 1.00 bits per heavy atom. The highest BCUT2D eigenvalue weighted by atomic mass is 16.2. The molecule has 4 atom stereocenters. The number of nitrogens with zero attached hydrogens (tertiary/aromatic N) is 3. The summed E-state index contributed by atoms with van der Waals surface area (Å²) in [5, 5.41) is 18.5. The van der Waals surface area contributed by atoms with E-state index in [-0.39, 0.29) is 48.4 Å². The first-order chi connectivity index (χ1) is 21.0. The molecule has 3 amide bonds. The van der Waals surface area contributed by atoms with E-state index < -0.39 is 5.41 Å². The van der Waals surface area contributed by atoms with E-state index >= 15 is 0 Å². The summed E-state index contributed by atoms with van der Waals surface area (Å²) >= 11 is 0. The third-order valence-corrected chi connectivity index (χ3v) is 9.36. The number of hydrogen-bond donors (Lipinski definition) is 4. The Hall–Kier alpha value is -4.23. The molecule has 5 N–H and O–H groups in total. The molecule has 1 aliphatic heterocycles. The third-order valence-electron chi connectivity index (χ3n) is 9.36. The van der Waals surface area contributed by atoms with Crippen molar-refractivity contribution in [2.45, 2.75) is 82.5 Å². The van der Waals surface area contributed by atoms with Crippen LogP contribution in [0.1, 0.15) is 83.0 Å². The van der Waals surface area contributed by atoms with Gasteiger partial charge >= 0.3 is 0 Å². The number of aryl methyl sites for hydroxylation is 2. The summed E-state index contributed by atoms with van der Waals surface area (Å²) in [5.74, 6) is 0.500. The molecule has 2 aromatic rings. The molecule has 0 spiro atoms. The topological polar surface area (TPSA) is 153 Å². The van der Waals surface area contributed by atoms with Crippen molar-refractivity contribution in [3.63, 3.8) is 0 Å². The van der Waals surface area contributed by atoms with Gasteiger partial charge in [0.05, 0.1) is 18.0 Å². The first-order valence-electron chi connectivity index (χ1n) is 15.5. The van der Waals surface area contributed by atoms with Crippen LogP contribution >= 0.6 is 0 Å². The van der Waals surface area contributed by atoms with E-state index in [1.165, 1.54) is 0 Å². The minimum absolute atomic E-state index is 0.0571. The molecule has 2 aromatic carbocycles. The molecule has 2 fully saturated rings. The van der Waals surface area contributed by atoms with Crippen LogP contribution in [0.2, 0.25) is 0 Å². The molecule has 1 saturated carbocycles. The lowest BCUT2D eigenvalue weighted by atomic mass is 9.67. The van der Waals surface area contributed by atoms with Gasteiger partial charge in [-0.05, 0) is 105 Å². The van der Waals surface area contributed by atoms with Gasteiger partial charge in [0.15, 0.2) is 0 Å². The van der Waals surface area contributed by atoms with Gasteiger partial charge in [0.25, 0.3) is 11.8 Å². The van der Waals surface area contributed by atoms with Crippen LogP contribution in [0.5, 0.6) is 0 Å². The Labute approximate surface area is 259 Å². The number of nitrogens with two attached hydrogens (primary N) is 1. The number of nitrogens with one attached hydrogen (secondary N) is 3. The zero-order valence-electron chi connectivity index (χ0n) is 26.2. The monoisotopic (exact) mass is 597 g/mol. The number of hydrogen-bond acceptors (Lipinski definition) is 6. The third kappa shape index (κ3) is 5.69. The predicted molar refractivity (Wildman–Crippen MR) is 169 cm³/mol. The zero-order valence-corrected chi connectivity index (χ0v) is 26.2. The van der Waals surface area contributed by atoms with Crippen molar-refractivity contribution < 1.29 is 14.4 Å². The van der Waals surface area contributed by atoms with E-state index in [2.05, 4.69) is 22.0 Å². The van der Waals surface area contributed by atoms with Crippen molar-refractivity contribution in [2.24, 2.45) is 16.6 Å². The van der Waals surface area contributed by atoms with Gasteiger partial charge in [-0.15, -0.1) is 0 Å². The number of carbonyl (C=O) groups excluding carboxylic acids is 3. The second-order valence-corrected chi connectivity index (χ2v) is 12.6. The summed E-state index contributed by atoms with van der Waals surface area (Å²) in [6.45, 7) is 6.11. The molecule has 10 nitrogen and oxygen atoms in total. The highest BCUT2D eigenvalue weighted by Crippen LogP contribution is 2.48. The van der Waals surface area contributed by atoms with E-state index in [4.69, 9.17) is 10.7 Å². The van der Waals surface area contributed by atoms with Crippen molar-refractivity contribution >= 4 is 23.6 Å². The number of likely N-dealkylation sites (tertiary alicyclic amines) is 1. The van der Waals surface area contributed by atoms with E-state index in [9.17, 15) is 19.6 Å². The van der Waals surface area contributed by atoms with E-state index in [0.29, 0.717) is 42.1 Å². The van der Waals surface area contributed by atoms with Crippen molar-refractivity contribution in [3.8, 4) is 6.07 Å². The van der Waals surface area contributed by atoms with Crippen LogP contribution in [0.3, 0.4) is 0 Å². The normalized spacial score (nSPS) is 22.2. The number of nitriles is 1. The fourth-order valence-corrected chi connectivity index (χ4v) is 7.22. The number of amidine groups is 1. The summed E-state index contributed by atoms with van der Waals surface area (Å²) < 4.78 is 0. The van der Waals surface area contributed by atoms with Gasteiger partial charge < -0.3 is 26.6 Å². The summed E-state index contributed by atoms with van der Waals surface area (Å²) in [4.78, 5) is 45.2. The molecule has 232 valence electrons. The molecule has 0 aromatic heterocycles. The van der Waals surface area contributed by atoms with Crippen molar-refractivity contribution in [3.05, 3.63) is 69.8 Å². The van der Waals surface area contributed by atoms with Crippen LogP contribution in [0.4, 0.5) is 0 Å². The second kappa shape index (κ2) is 12.4. The SMILES string of the molecule is CNC(=O)c1ccc2c(c1)CCc1cc(C(=O)NC)ccc1C2(C[C@@H](C)NCC(=O)N1[C@H](C#N)C[C@@H]2C[C@@H]21)C(N)=NC(C)C. The minimum Gasteiger partial charge on any atom is -0.386 e. The molecule has 1 saturated heterocycles. The quantitative estimate of drug-likeness (QED) is 0.257. The summed E-state index contributed by atoms with van der Waals surface area (Å²) in [5.41, 5.74) is 11.2. The second-order valence-electron chi connectivity index (χ2n) is 12.6. The molecule has 44 heavy (non-hydrogen) atoms. The lowest BCUT2D eigenvalue weighted by Crippen LogP contribution is -2.50. The fraction of sp³-hybridized carbons (Fsp3) is 0.500. The molecule has 3 aliphatic rings. The van der Waals surface area contributed by atoms with Gasteiger partial charge in [-0.1, -0.05) is 12.1 Å². The van der Waals surface area contributed by atoms with E-state index in [0.717, 1.165) is 35.1 Å². The average Bonchev–Trinajstić information content (AvgIpc) is 3.71. The molecular weight excluding hydrogens is 554 g/mol. The molecule has 0 bridgehead atoms. The summed E-state index contributed by atoms with van der Waals surface area (Å²) in [6, 6.07) is 13.3. The predicted octanol–water partition coefficient (Wildman–Crippen LogP) is 2.44. The Balaban J connectivity index is 1.58. The van der Waals surface area contributed by atoms with Crippen molar-refractivity contribution in [1.82, 2.24) is 20.9 Å². The molecule has 10 heteroatoms. The average molecular weight is 598 g/mol. The molecule has 0 radical (unpaired) electrons. The fourth-order valence-electron chi connectivity index (χ4n) is 7.22. The Morgan fingerprint density at radius 2 is 1.57 bits per heavy atom. The first kappa shape index (κ1) is 31.2. The lowest BCUT2D eigenvalue weighted by Gasteiger charge is -2.39. The Bertz CT molecular complexity index is 1470. The maximum absolute atomic E-state index is 13.3. The van der Waals surface area contributed by atoms with Gasteiger partial charge in [0.1, 0.15) is 11.9 Å². The number of carbonyl (C=O) groups is 3. The number of amides is 3. The molecular formula is C34H43N7O3. The Morgan fingerprint density at radius 3 is 2.07 bits per heavy atom. The van der Waals surface area contributed by atoms with Crippen LogP contribution in [0.25, 0.3) is 0 Å². The van der Waals surface area contributed by atoms with Gasteiger partial charge in [0, 0.05) is 43.3 Å². The number of fused-ring (bicyclic) bond motifs is 3. The zero-order chi connectivity index (χ0) is 31.8. The smallest absolute Gasteiger partial charge is 0.251 e. The summed E-state index contributed by atoms with van der Waals surface area (Å²) in [6.07, 6.45) is 3.52.